The van der Waals surface area contributed by atoms with Crippen LogP contribution in [-0.2, 0) is 11.3 Å². The lowest BCUT2D eigenvalue weighted by molar-refractivity contribution is -0.0660. The summed E-state index contributed by atoms with van der Waals surface area (Å²) in [5.74, 6) is 0.802. The second kappa shape index (κ2) is 7.27. The molecule has 2 N–H and O–H groups in total. The molecule has 1 aromatic rings. The van der Waals surface area contributed by atoms with Crippen LogP contribution in [0, 0.1) is 0 Å². The number of rotatable bonds is 7. The maximum absolute atomic E-state index is 9.48. The Balaban J connectivity index is 2.47. The quantitative estimate of drug-likeness (QED) is 0.755. The number of aliphatic hydroxyl groups is 2. The normalized spacial score (nSPS) is 14.4. The molecule has 0 heterocycles. The van der Waals surface area contributed by atoms with Crippen molar-refractivity contribution in [2.45, 2.75) is 32.2 Å². The Hall–Kier alpha value is -1.10. The lowest BCUT2D eigenvalue weighted by Gasteiger charge is -2.20. The first-order valence-corrected chi connectivity index (χ1v) is 5.74. The highest BCUT2D eigenvalue weighted by Gasteiger charge is 2.16. The molecule has 1 rings (SSSR count). The smallest absolute Gasteiger partial charge is 0.118 e. The van der Waals surface area contributed by atoms with Crippen LogP contribution in [0.5, 0.6) is 5.75 Å². The molecule has 0 spiro atoms. The number of benzene rings is 1. The molecule has 96 valence electrons. The molecule has 2 atom stereocenters. The molecule has 0 aliphatic heterocycles. The van der Waals surface area contributed by atoms with E-state index >= 15 is 0 Å². The lowest BCUT2D eigenvalue weighted by Crippen LogP contribution is -2.31. The van der Waals surface area contributed by atoms with Crippen LogP contribution in [0.2, 0.25) is 0 Å². The van der Waals surface area contributed by atoms with Crippen molar-refractivity contribution < 1.29 is 19.7 Å². The molecule has 0 bridgehead atoms. The van der Waals surface area contributed by atoms with Gasteiger partial charge in [-0.15, -0.1) is 0 Å². The highest BCUT2D eigenvalue weighted by atomic mass is 16.5. The number of ether oxygens (including phenoxy) is 2. The standard InChI is InChI=1S/C13H20O4/c1-3-13(12(15)8-14)17-9-10-4-6-11(16-2)7-5-10/h4-7,12-15H,3,8-9H2,1-2H3/t12-,13-/m0/s1. The van der Waals surface area contributed by atoms with Crippen LogP contribution >= 0.6 is 0 Å². The molecular formula is C13H20O4. The second-order valence-corrected chi connectivity index (χ2v) is 3.86. The predicted molar refractivity (Wildman–Crippen MR) is 65.0 cm³/mol. The van der Waals surface area contributed by atoms with E-state index in [9.17, 15) is 5.11 Å². The average Bonchev–Trinajstić information content (AvgIpc) is 2.39. The summed E-state index contributed by atoms with van der Waals surface area (Å²) in [6, 6.07) is 7.55. The zero-order valence-corrected chi connectivity index (χ0v) is 10.3. The second-order valence-electron chi connectivity index (χ2n) is 3.86. The van der Waals surface area contributed by atoms with Crippen LogP contribution < -0.4 is 4.74 Å². The first-order chi connectivity index (χ1) is 8.21. The van der Waals surface area contributed by atoms with Crippen LogP contribution in [-0.4, -0.2) is 36.1 Å². The Labute approximate surface area is 102 Å². The molecule has 0 saturated carbocycles. The van der Waals surface area contributed by atoms with Gasteiger partial charge in [0.25, 0.3) is 0 Å². The van der Waals surface area contributed by atoms with Gasteiger partial charge in [-0.1, -0.05) is 19.1 Å². The largest absolute Gasteiger partial charge is 0.497 e. The SMILES string of the molecule is CC[C@H](OCc1ccc(OC)cc1)[C@@H](O)CO. The molecule has 0 aromatic heterocycles. The fourth-order valence-corrected chi connectivity index (χ4v) is 1.54. The summed E-state index contributed by atoms with van der Waals surface area (Å²) >= 11 is 0. The Morgan fingerprint density at radius 3 is 2.35 bits per heavy atom. The fraction of sp³-hybridized carbons (Fsp3) is 0.538. The first kappa shape index (κ1) is 14.0. The van der Waals surface area contributed by atoms with Crippen LogP contribution in [0.3, 0.4) is 0 Å². The Kier molecular flexibility index (Phi) is 5.97. The summed E-state index contributed by atoms with van der Waals surface area (Å²) in [7, 11) is 1.62. The monoisotopic (exact) mass is 240 g/mol. The van der Waals surface area contributed by atoms with Gasteiger partial charge in [-0.25, -0.2) is 0 Å². The van der Waals surface area contributed by atoms with Crippen molar-refractivity contribution in [1.29, 1.82) is 0 Å². The third-order valence-electron chi connectivity index (χ3n) is 2.64. The Morgan fingerprint density at radius 1 is 1.24 bits per heavy atom. The minimum atomic E-state index is -0.821. The topological polar surface area (TPSA) is 58.9 Å². The van der Waals surface area contributed by atoms with Gasteiger partial charge in [-0.3, -0.25) is 0 Å². The summed E-state index contributed by atoms with van der Waals surface area (Å²) in [5, 5.41) is 18.3. The molecule has 0 unspecified atom stereocenters. The molecule has 4 nitrogen and oxygen atoms in total. The van der Waals surface area contributed by atoms with Crippen molar-refractivity contribution >= 4 is 0 Å². The summed E-state index contributed by atoms with van der Waals surface area (Å²) in [6.07, 6.45) is -0.488. The van der Waals surface area contributed by atoms with Gasteiger partial charge in [-0.05, 0) is 24.1 Å². The van der Waals surface area contributed by atoms with Crippen LogP contribution in [0.4, 0.5) is 0 Å². The highest BCUT2D eigenvalue weighted by molar-refractivity contribution is 5.26. The minimum absolute atomic E-state index is 0.277. The van der Waals surface area contributed by atoms with Crippen molar-refractivity contribution in [3.05, 3.63) is 29.8 Å². The van der Waals surface area contributed by atoms with Crippen molar-refractivity contribution in [1.82, 2.24) is 0 Å². The van der Waals surface area contributed by atoms with Gasteiger partial charge in [0.1, 0.15) is 11.9 Å². The molecule has 0 aliphatic carbocycles. The highest BCUT2D eigenvalue weighted by Crippen LogP contribution is 2.14. The van der Waals surface area contributed by atoms with E-state index in [1.54, 1.807) is 7.11 Å². The van der Waals surface area contributed by atoms with Crippen molar-refractivity contribution in [2.75, 3.05) is 13.7 Å². The van der Waals surface area contributed by atoms with Gasteiger partial charge >= 0.3 is 0 Å². The van der Waals surface area contributed by atoms with Crippen LogP contribution in [0.25, 0.3) is 0 Å². The van der Waals surface area contributed by atoms with E-state index in [1.165, 1.54) is 0 Å². The maximum atomic E-state index is 9.48. The van der Waals surface area contributed by atoms with Crippen LogP contribution in [0.15, 0.2) is 24.3 Å². The molecule has 0 aliphatic rings. The number of hydrogen-bond acceptors (Lipinski definition) is 4. The molecule has 0 amide bonds. The molecule has 1 aromatic carbocycles. The van der Waals surface area contributed by atoms with E-state index < -0.39 is 6.10 Å². The molecule has 0 fully saturated rings. The van der Waals surface area contributed by atoms with Crippen LogP contribution in [0.1, 0.15) is 18.9 Å². The summed E-state index contributed by atoms with van der Waals surface area (Å²) in [5.41, 5.74) is 1.01. The number of aliphatic hydroxyl groups excluding tert-OH is 2. The van der Waals surface area contributed by atoms with E-state index in [0.717, 1.165) is 11.3 Å². The van der Waals surface area contributed by atoms with E-state index in [-0.39, 0.29) is 12.7 Å². The zero-order chi connectivity index (χ0) is 12.7. The third-order valence-corrected chi connectivity index (χ3v) is 2.64. The Bertz CT molecular complexity index is 310. The van der Waals surface area contributed by atoms with Gasteiger partial charge in [0.05, 0.1) is 26.4 Å². The molecular weight excluding hydrogens is 220 g/mol. The maximum Gasteiger partial charge on any atom is 0.118 e. The van der Waals surface area contributed by atoms with Crippen molar-refractivity contribution in [3.8, 4) is 5.75 Å². The minimum Gasteiger partial charge on any atom is -0.497 e. The molecule has 17 heavy (non-hydrogen) atoms. The molecule has 0 saturated heterocycles. The van der Waals surface area contributed by atoms with Gasteiger partial charge in [0.2, 0.25) is 0 Å². The van der Waals surface area contributed by atoms with Crippen molar-refractivity contribution in [2.24, 2.45) is 0 Å². The summed E-state index contributed by atoms with van der Waals surface area (Å²) < 4.78 is 10.6. The average molecular weight is 240 g/mol. The first-order valence-electron chi connectivity index (χ1n) is 5.74. The summed E-state index contributed by atoms with van der Waals surface area (Å²) in [6.45, 7) is 2.05. The van der Waals surface area contributed by atoms with Gasteiger partial charge in [-0.2, -0.15) is 0 Å². The number of hydrogen-bond donors (Lipinski definition) is 2. The third kappa shape index (κ3) is 4.34. The lowest BCUT2D eigenvalue weighted by atomic mass is 10.1. The van der Waals surface area contributed by atoms with Gasteiger partial charge < -0.3 is 19.7 Å². The van der Waals surface area contributed by atoms with E-state index in [2.05, 4.69) is 0 Å². The predicted octanol–water partition coefficient (Wildman–Crippen LogP) is 1.34. The van der Waals surface area contributed by atoms with E-state index in [0.29, 0.717) is 13.0 Å². The fourth-order valence-electron chi connectivity index (χ4n) is 1.54. The van der Waals surface area contributed by atoms with Crippen molar-refractivity contribution in [3.63, 3.8) is 0 Å². The summed E-state index contributed by atoms with van der Waals surface area (Å²) in [4.78, 5) is 0. The van der Waals surface area contributed by atoms with E-state index in [4.69, 9.17) is 14.6 Å². The zero-order valence-electron chi connectivity index (χ0n) is 10.3. The molecule has 0 radical (unpaired) electrons. The molecule has 4 heteroatoms. The van der Waals surface area contributed by atoms with E-state index in [1.807, 2.05) is 31.2 Å². The van der Waals surface area contributed by atoms with Gasteiger partial charge in [0.15, 0.2) is 0 Å². The van der Waals surface area contributed by atoms with Gasteiger partial charge in [0, 0.05) is 0 Å². The Morgan fingerprint density at radius 2 is 1.88 bits per heavy atom. The number of methoxy groups -OCH3 is 1.